The Balaban J connectivity index is 1.98. The van der Waals surface area contributed by atoms with Crippen molar-refractivity contribution in [3.63, 3.8) is 0 Å². The van der Waals surface area contributed by atoms with Crippen LogP contribution < -0.4 is 16.0 Å². The summed E-state index contributed by atoms with van der Waals surface area (Å²) in [5, 5.41) is 3.93. The lowest BCUT2D eigenvalue weighted by Crippen LogP contribution is -2.49. The maximum Gasteiger partial charge on any atom is 0.227 e. The maximum absolute atomic E-state index is 12.6. The van der Waals surface area contributed by atoms with E-state index in [9.17, 15) is 4.79 Å². The first kappa shape index (κ1) is 17.1. The summed E-state index contributed by atoms with van der Waals surface area (Å²) in [6.45, 7) is 6.21. The molecule has 0 radical (unpaired) electrons. The second kappa shape index (κ2) is 7.34. The average Bonchev–Trinajstić information content (AvgIpc) is 2.98. The number of nitrogens with one attached hydrogen (secondary N) is 1. The maximum atomic E-state index is 12.6. The molecule has 0 aliphatic carbocycles. The van der Waals surface area contributed by atoms with E-state index in [1.54, 1.807) is 0 Å². The molecule has 1 unspecified atom stereocenters. The van der Waals surface area contributed by atoms with E-state index in [1.807, 2.05) is 32.0 Å². The molecule has 1 heterocycles. The van der Waals surface area contributed by atoms with Gasteiger partial charge in [-0.05, 0) is 37.5 Å². The number of anilines is 1. The van der Waals surface area contributed by atoms with Gasteiger partial charge in [0.25, 0.3) is 0 Å². The van der Waals surface area contributed by atoms with Gasteiger partial charge in [0, 0.05) is 36.4 Å². The Morgan fingerprint density at radius 3 is 2.77 bits per heavy atom. The van der Waals surface area contributed by atoms with Gasteiger partial charge in [-0.2, -0.15) is 0 Å². The minimum absolute atomic E-state index is 0.0953. The Kier molecular flexibility index (Phi) is 5.70. The number of nitrogens with zero attached hydrogens (tertiary/aromatic N) is 1. The number of amides is 1. The number of hydrogen-bond donors (Lipinski definition) is 2. The van der Waals surface area contributed by atoms with Crippen molar-refractivity contribution in [3.05, 3.63) is 29.3 Å². The molecule has 22 heavy (non-hydrogen) atoms. The highest BCUT2D eigenvalue weighted by molar-refractivity contribution is 6.30. The summed E-state index contributed by atoms with van der Waals surface area (Å²) in [5.41, 5.74) is 6.54. The highest BCUT2D eigenvalue weighted by Crippen LogP contribution is 2.27. The van der Waals surface area contributed by atoms with Crippen LogP contribution in [0.5, 0.6) is 0 Å². The third kappa shape index (κ3) is 3.55. The van der Waals surface area contributed by atoms with Crippen LogP contribution in [0.4, 0.5) is 5.69 Å². The molecule has 0 bridgehead atoms. The van der Waals surface area contributed by atoms with Gasteiger partial charge in [-0.25, -0.2) is 0 Å². The molecule has 0 spiro atoms. The van der Waals surface area contributed by atoms with Crippen LogP contribution in [-0.4, -0.2) is 31.6 Å². The lowest BCUT2D eigenvalue weighted by molar-refractivity contribution is -0.131. The summed E-state index contributed by atoms with van der Waals surface area (Å²) in [5.74, 6) is 0.0953. The largest absolute Gasteiger partial charge is 0.369 e. The zero-order valence-corrected chi connectivity index (χ0v) is 14.2. The van der Waals surface area contributed by atoms with Gasteiger partial charge >= 0.3 is 0 Å². The molecule has 1 atom stereocenters. The number of halogens is 1. The van der Waals surface area contributed by atoms with E-state index in [1.165, 1.54) is 0 Å². The van der Waals surface area contributed by atoms with Crippen LogP contribution in [0.2, 0.25) is 5.02 Å². The first-order valence-electron chi connectivity index (χ1n) is 8.06. The van der Waals surface area contributed by atoms with E-state index >= 15 is 0 Å². The lowest BCUT2D eigenvalue weighted by atomic mass is 9.81. The first-order valence-corrected chi connectivity index (χ1v) is 8.44. The van der Waals surface area contributed by atoms with Crippen LogP contribution in [0.1, 0.15) is 33.1 Å². The van der Waals surface area contributed by atoms with Crippen LogP contribution >= 0.6 is 11.6 Å². The van der Waals surface area contributed by atoms with Crippen molar-refractivity contribution in [2.45, 2.75) is 39.2 Å². The number of carbonyl (C=O) groups excluding carboxylic acids is 1. The fourth-order valence-corrected chi connectivity index (χ4v) is 3.26. The summed E-state index contributed by atoms with van der Waals surface area (Å²) >= 11 is 6.05. The van der Waals surface area contributed by atoms with Crippen molar-refractivity contribution in [2.75, 3.05) is 24.5 Å². The summed E-state index contributed by atoms with van der Waals surface area (Å²) in [6.07, 6.45) is 2.50. The minimum atomic E-state index is -0.427. The zero-order valence-electron chi connectivity index (χ0n) is 13.4. The van der Waals surface area contributed by atoms with Gasteiger partial charge in [-0.1, -0.05) is 31.5 Å². The molecule has 0 saturated carbocycles. The molecule has 3 N–H and O–H groups in total. The third-order valence-electron chi connectivity index (χ3n) is 4.92. The van der Waals surface area contributed by atoms with Crippen LogP contribution in [0.15, 0.2) is 24.3 Å². The van der Waals surface area contributed by atoms with Gasteiger partial charge in [0.15, 0.2) is 0 Å². The molecule has 1 fully saturated rings. The minimum Gasteiger partial charge on any atom is -0.369 e. The second-order valence-electron chi connectivity index (χ2n) is 6.08. The summed E-state index contributed by atoms with van der Waals surface area (Å²) in [6, 6.07) is 8.03. The predicted molar refractivity (Wildman–Crippen MR) is 92.3 cm³/mol. The van der Waals surface area contributed by atoms with Crippen molar-refractivity contribution in [2.24, 2.45) is 11.1 Å². The molecule has 5 heteroatoms. The van der Waals surface area contributed by atoms with Crippen LogP contribution in [0.25, 0.3) is 0 Å². The highest BCUT2D eigenvalue weighted by atomic mass is 35.5. The fraction of sp³-hybridized carbons (Fsp3) is 0.588. The van der Waals surface area contributed by atoms with E-state index in [0.29, 0.717) is 6.54 Å². The van der Waals surface area contributed by atoms with Crippen molar-refractivity contribution in [1.82, 2.24) is 5.32 Å². The quantitative estimate of drug-likeness (QED) is 0.846. The molecule has 1 saturated heterocycles. The Bertz CT molecular complexity index is 508. The topological polar surface area (TPSA) is 58.4 Å². The van der Waals surface area contributed by atoms with Crippen molar-refractivity contribution < 1.29 is 4.79 Å². The number of rotatable bonds is 6. The molecule has 2 rings (SSSR count). The smallest absolute Gasteiger partial charge is 0.227 e. The Morgan fingerprint density at radius 2 is 2.18 bits per heavy atom. The fourth-order valence-electron chi connectivity index (χ4n) is 3.08. The first-order chi connectivity index (χ1) is 10.5. The highest BCUT2D eigenvalue weighted by Gasteiger charge is 2.35. The Hall–Kier alpha value is -1.26. The molecule has 1 aliphatic heterocycles. The Morgan fingerprint density at radius 1 is 1.45 bits per heavy atom. The van der Waals surface area contributed by atoms with E-state index in [0.717, 1.165) is 43.1 Å². The number of nitrogens with two attached hydrogens (primary N) is 1. The average molecular weight is 324 g/mol. The Labute approximate surface area is 138 Å². The SMILES string of the molecule is CCC(CC)(CN)C(=O)NC1CCN(c2cccc(Cl)c2)C1. The van der Waals surface area contributed by atoms with Gasteiger partial charge < -0.3 is 16.0 Å². The number of benzene rings is 1. The number of hydrogen-bond acceptors (Lipinski definition) is 3. The molecular formula is C17H26ClN3O. The third-order valence-corrected chi connectivity index (χ3v) is 5.16. The zero-order chi connectivity index (χ0) is 16.2. The molecule has 4 nitrogen and oxygen atoms in total. The lowest BCUT2D eigenvalue weighted by Gasteiger charge is -2.30. The van der Waals surface area contributed by atoms with Crippen LogP contribution in [0, 0.1) is 5.41 Å². The van der Waals surface area contributed by atoms with Gasteiger partial charge in [-0.15, -0.1) is 0 Å². The van der Waals surface area contributed by atoms with Crippen molar-refractivity contribution in [1.29, 1.82) is 0 Å². The van der Waals surface area contributed by atoms with E-state index in [4.69, 9.17) is 17.3 Å². The molecule has 0 aromatic heterocycles. The van der Waals surface area contributed by atoms with Gasteiger partial charge in [-0.3, -0.25) is 4.79 Å². The molecule has 1 aromatic carbocycles. The van der Waals surface area contributed by atoms with E-state index in [-0.39, 0.29) is 11.9 Å². The normalized spacial score (nSPS) is 18.5. The monoisotopic (exact) mass is 323 g/mol. The van der Waals surface area contributed by atoms with E-state index < -0.39 is 5.41 Å². The predicted octanol–water partition coefficient (Wildman–Crippen LogP) is 2.80. The van der Waals surface area contributed by atoms with Crippen LogP contribution in [0.3, 0.4) is 0 Å². The standard InChI is InChI=1S/C17H26ClN3O/c1-3-17(4-2,12-19)16(22)20-14-8-9-21(11-14)15-7-5-6-13(18)10-15/h5-7,10,14H,3-4,8-9,11-12,19H2,1-2H3,(H,20,22). The molecular weight excluding hydrogens is 298 g/mol. The summed E-state index contributed by atoms with van der Waals surface area (Å²) in [4.78, 5) is 14.8. The van der Waals surface area contributed by atoms with Gasteiger partial charge in [0.05, 0.1) is 5.41 Å². The second-order valence-corrected chi connectivity index (χ2v) is 6.51. The summed E-state index contributed by atoms with van der Waals surface area (Å²) < 4.78 is 0. The molecule has 1 aromatic rings. The van der Waals surface area contributed by atoms with Crippen molar-refractivity contribution in [3.8, 4) is 0 Å². The molecule has 1 aliphatic rings. The number of carbonyl (C=O) groups is 1. The van der Waals surface area contributed by atoms with E-state index in [2.05, 4.69) is 16.3 Å². The van der Waals surface area contributed by atoms with Gasteiger partial charge in [0.2, 0.25) is 5.91 Å². The summed E-state index contributed by atoms with van der Waals surface area (Å²) in [7, 11) is 0. The molecule has 122 valence electrons. The van der Waals surface area contributed by atoms with Crippen molar-refractivity contribution >= 4 is 23.2 Å². The van der Waals surface area contributed by atoms with Crippen LogP contribution in [-0.2, 0) is 4.79 Å². The molecule has 1 amide bonds. The van der Waals surface area contributed by atoms with Gasteiger partial charge in [0.1, 0.15) is 0 Å².